The van der Waals surface area contributed by atoms with Crippen molar-refractivity contribution in [3.8, 4) is 17.2 Å². The van der Waals surface area contributed by atoms with E-state index in [1.807, 2.05) is 31.3 Å². The number of benzene rings is 1. The van der Waals surface area contributed by atoms with Crippen molar-refractivity contribution in [2.24, 2.45) is 0 Å². The predicted molar refractivity (Wildman–Crippen MR) is 102 cm³/mol. The number of hydrogen-bond donors (Lipinski definition) is 1. The molecule has 2 aromatic heterocycles. The second-order valence-corrected chi connectivity index (χ2v) is 7.15. The minimum Gasteiger partial charge on any atom is -0.496 e. The van der Waals surface area contributed by atoms with Crippen LogP contribution in [0.5, 0.6) is 17.2 Å². The van der Waals surface area contributed by atoms with Gasteiger partial charge in [-0.2, -0.15) is 0 Å². The van der Waals surface area contributed by atoms with Gasteiger partial charge in [-0.25, -0.2) is 4.98 Å². The van der Waals surface area contributed by atoms with Crippen LogP contribution in [0.25, 0.3) is 5.65 Å². The summed E-state index contributed by atoms with van der Waals surface area (Å²) >= 11 is 0. The number of methoxy groups -OCH3 is 1. The molecule has 7 nitrogen and oxygen atoms in total. The van der Waals surface area contributed by atoms with Crippen molar-refractivity contribution in [1.29, 1.82) is 0 Å². The Bertz CT molecular complexity index is 1090. The average molecular weight is 379 g/mol. The molecule has 3 aromatic rings. The zero-order valence-corrected chi connectivity index (χ0v) is 15.8. The molecule has 1 atom stereocenters. The van der Waals surface area contributed by atoms with E-state index < -0.39 is 0 Å². The van der Waals surface area contributed by atoms with Crippen LogP contribution < -0.4 is 19.5 Å². The van der Waals surface area contributed by atoms with Gasteiger partial charge in [0.05, 0.1) is 25.0 Å². The van der Waals surface area contributed by atoms with E-state index in [9.17, 15) is 4.79 Å². The SMILES string of the molecule is COc1cc2c(cc1[C@@H]1CC(=O)NCc3nc4cc(C)ccn4c31)OCCO2. The van der Waals surface area contributed by atoms with Gasteiger partial charge < -0.3 is 23.9 Å². The quantitative estimate of drug-likeness (QED) is 0.741. The molecule has 4 heterocycles. The van der Waals surface area contributed by atoms with Crippen molar-refractivity contribution in [2.75, 3.05) is 20.3 Å². The Morgan fingerprint density at radius 1 is 1.21 bits per heavy atom. The van der Waals surface area contributed by atoms with E-state index >= 15 is 0 Å². The lowest BCUT2D eigenvalue weighted by Crippen LogP contribution is -2.22. The summed E-state index contributed by atoms with van der Waals surface area (Å²) in [5.41, 5.74) is 4.79. The fourth-order valence-electron chi connectivity index (χ4n) is 4.04. The van der Waals surface area contributed by atoms with Gasteiger partial charge in [-0.15, -0.1) is 0 Å². The summed E-state index contributed by atoms with van der Waals surface area (Å²) in [4.78, 5) is 17.2. The van der Waals surface area contributed by atoms with Crippen LogP contribution in [0.2, 0.25) is 0 Å². The second-order valence-electron chi connectivity index (χ2n) is 7.15. The molecule has 5 rings (SSSR count). The van der Waals surface area contributed by atoms with Crippen LogP contribution in [-0.2, 0) is 11.3 Å². The first-order valence-electron chi connectivity index (χ1n) is 9.36. The lowest BCUT2D eigenvalue weighted by Gasteiger charge is -2.24. The first-order valence-corrected chi connectivity index (χ1v) is 9.36. The molecule has 0 saturated heterocycles. The van der Waals surface area contributed by atoms with Gasteiger partial charge >= 0.3 is 0 Å². The minimum absolute atomic E-state index is 0.0131. The number of imidazole rings is 1. The third-order valence-corrected chi connectivity index (χ3v) is 5.34. The molecule has 0 aliphatic carbocycles. The molecule has 0 saturated carbocycles. The van der Waals surface area contributed by atoms with Crippen LogP contribution in [0.1, 0.15) is 34.9 Å². The maximum atomic E-state index is 12.5. The number of nitrogens with one attached hydrogen (secondary N) is 1. The van der Waals surface area contributed by atoms with Gasteiger partial charge in [0.2, 0.25) is 5.91 Å². The first-order chi connectivity index (χ1) is 13.6. The zero-order valence-electron chi connectivity index (χ0n) is 15.8. The topological polar surface area (TPSA) is 74.1 Å². The number of rotatable bonds is 2. The summed E-state index contributed by atoms with van der Waals surface area (Å²) in [5.74, 6) is 1.80. The second kappa shape index (κ2) is 6.44. The third-order valence-electron chi connectivity index (χ3n) is 5.34. The summed E-state index contributed by atoms with van der Waals surface area (Å²) in [6.07, 6.45) is 2.33. The highest BCUT2D eigenvalue weighted by Gasteiger charge is 2.32. The van der Waals surface area contributed by atoms with Crippen LogP contribution in [0, 0.1) is 6.92 Å². The van der Waals surface area contributed by atoms with E-state index in [0.29, 0.717) is 43.4 Å². The smallest absolute Gasteiger partial charge is 0.221 e. The number of amides is 1. The summed E-state index contributed by atoms with van der Waals surface area (Å²) in [6.45, 7) is 3.48. The summed E-state index contributed by atoms with van der Waals surface area (Å²) in [7, 11) is 1.63. The van der Waals surface area contributed by atoms with Crippen LogP contribution in [0.15, 0.2) is 30.5 Å². The predicted octanol–water partition coefficient (Wildman–Crippen LogP) is 2.57. The molecular weight excluding hydrogens is 358 g/mol. The highest BCUT2D eigenvalue weighted by atomic mass is 16.6. The van der Waals surface area contributed by atoms with E-state index in [-0.39, 0.29) is 11.8 Å². The van der Waals surface area contributed by atoms with Crippen molar-refractivity contribution in [1.82, 2.24) is 14.7 Å². The molecule has 0 unspecified atom stereocenters. The number of ether oxygens (including phenoxy) is 3. The molecule has 0 radical (unpaired) electrons. The fraction of sp³-hybridized carbons (Fsp3) is 0.333. The average Bonchev–Trinajstić information content (AvgIpc) is 2.98. The highest BCUT2D eigenvalue weighted by Crippen LogP contribution is 2.44. The van der Waals surface area contributed by atoms with Gasteiger partial charge in [-0.1, -0.05) is 0 Å². The number of carbonyl (C=O) groups excluding carboxylic acids is 1. The van der Waals surface area contributed by atoms with Crippen LogP contribution in [-0.4, -0.2) is 35.6 Å². The van der Waals surface area contributed by atoms with E-state index in [4.69, 9.17) is 19.2 Å². The maximum Gasteiger partial charge on any atom is 0.221 e. The summed E-state index contributed by atoms with van der Waals surface area (Å²) in [5, 5.41) is 2.96. The molecule has 7 heteroatoms. The molecule has 28 heavy (non-hydrogen) atoms. The lowest BCUT2D eigenvalue weighted by molar-refractivity contribution is -0.121. The van der Waals surface area contributed by atoms with Gasteiger partial charge in [-0.05, 0) is 30.7 Å². The molecule has 144 valence electrons. The maximum absolute atomic E-state index is 12.5. The van der Waals surface area contributed by atoms with Crippen molar-refractivity contribution in [3.05, 3.63) is 53.0 Å². The number of aromatic nitrogens is 2. The Labute approximate surface area is 162 Å². The molecule has 0 bridgehead atoms. The molecule has 2 aliphatic rings. The van der Waals surface area contributed by atoms with Gasteiger partial charge in [0.25, 0.3) is 0 Å². The molecule has 0 spiro atoms. The largest absolute Gasteiger partial charge is 0.496 e. The van der Waals surface area contributed by atoms with E-state index in [1.165, 1.54) is 0 Å². The first kappa shape index (κ1) is 16.9. The van der Waals surface area contributed by atoms with Crippen molar-refractivity contribution < 1.29 is 19.0 Å². The minimum atomic E-state index is -0.207. The number of aryl methyl sites for hydroxylation is 1. The Morgan fingerprint density at radius 2 is 2.00 bits per heavy atom. The van der Waals surface area contributed by atoms with Crippen LogP contribution in [0.3, 0.4) is 0 Å². The molecule has 2 aliphatic heterocycles. The van der Waals surface area contributed by atoms with Crippen LogP contribution >= 0.6 is 0 Å². The summed E-state index contributed by atoms with van der Waals surface area (Å²) in [6, 6.07) is 7.88. The molecular formula is C21H21N3O4. The van der Waals surface area contributed by atoms with Crippen molar-refractivity contribution >= 4 is 11.6 Å². The molecule has 1 aromatic carbocycles. The molecule has 1 amide bonds. The number of pyridine rings is 1. The van der Waals surface area contributed by atoms with Gasteiger partial charge in [-0.3, -0.25) is 4.79 Å². The van der Waals surface area contributed by atoms with Crippen LogP contribution in [0.4, 0.5) is 0 Å². The zero-order chi connectivity index (χ0) is 19.3. The normalized spacial score (nSPS) is 18.4. The Morgan fingerprint density at radius 3 is 2.79 bits per heavy atom. The molecule has 1 N–H and O–H groups in total. The van der Waals surface area contributed by atoms with E-state index in [2.05, 4.69) is 15.8 Å². The number of nitrogens with zero attached hydrogens (tertiary/aromatic N) is 2. The number of fused-ring (bicyclic) bond motifs is 4. The fourth-order valence-corrected chi connectivity index (χ4v) is 4.04. The van der Waals surface area contributed by atoms with Gasteiger partial charge in [0, 0.05) is 30.2 Å². The number of carbonyl (C=O) groups is 1. The van der Waals surface area contributed by atoms with Gasteiger partial charge in [0.1, 0.15) is 24.6 Å². The third kappa shape index (κ3) is 2.66. The van der Waals surface area contributed by atoms with Crippen molar-refractivity contribution in [2.45, 2.75) is 25.8 Å². The van der Waals surface area contributed by atoms with E-state index in [0.717, 1.165) is 28.2 Å². The standard InChI is InChI=1S/C21H21N3O4/c1-12-3-4-24-19(7-12)23-15-11-22-20(25)9-14(21(15)24)13-8-17-18(10-16(13)26-2)28-6-5-27-17/h3-4,7-8,10,14H,5-6,9,11H2,1-2H3,(H,22,25)/t14-/m0/s1. The van der Waals surface area contributed by atoms with Gasteiger partial charge in [0.15, 0.2) is 11.5 Å². The lowest BCUT2D eigenvalue weighted by atomic mass is 9.90. The van der Waals surface area contributed by atoms with E-state index in [1.54, 1.807) is 7.11 Å². The van der Waals surface area contributed by atoms with Crippen molar-refractivity contribution in [3.63, 3.8) is 0 Å². The Hall–Kier alpha value is -3.22. The Kier molecular flexibility index (Phi) is 3.89. The molecule has 0 fully saturated rings. The summed E-state index contributed by atoms with van der Waals surface area (Å²) < 4.78 is 19.2. The Balaban J connectivity index is 1.73. The highest BCUT2D eigenvalue weighted by molar-refractivity contribution is 5.79. The number of hydrogen-bond acceptors (Lipinski definition) is 5. The monoisotopic (exact) mass is 379 g/mol.